The van der Waals surface area contributed by atoms with Crippen LogP contribution in [0.4, 0.5) is 0 Å². The normalized spacial score (nSPS) is 36.1. The van der Waals surface area contributed by atoms with Crippen LogP contribution in [-0.2, 0) is 19.1 Å². The van der Waals surface area contributed by atoms with Crippen molar-refractivity contribution >= 4 is 11.9 Å². The highest BCUT2D eigenvalue weighted by Gasteiger charge is 2.45. The molecule has 0 spiro atoms. The van der Waals surface area contributed by atoms with Gasteiger partial charge in [-0.2, -0.15) is 0 Å². The van der Waals surface area contributed by atoms with Gasteiger partial charge in [-0.15, -0.1) is 0 Å². The molecule has 158 valence electrons. The molecule has 4 aliphatic rings. The molecule has 29 heavy (non-hydrogen) atoms. The Labute approximate surface area is 174 Å². The third kappa shape index (κ3) is 4.08. The van der Waals surface area contributed by atoms with Crippen molar-refractivity contribution < 1.29 is 19.1 Å². The Morgan fingerprint density at radius 3 is 2.69 bits per heavy atom. The molecule has 0 heterocycles. The summed E-state index contributed by atoms with van der Waals surface area (Å²) in [5.41, 5.74) is 3.12. The molecule has 0 aliphatic heterocycles. The fourth-order valence-electron chi connectivity index (χ4n) is 6.45. The van der Waals surface area contributed by atoms with Crippen molar-refractivity contribution in [3.63, 3.8) is 0 Å². The van der Waals surface area contributed by atoms with Gasteiger partial charge in [0.05, 0.1) is 7.11 Å². The van der Waals surface area contributed by atoms with E-state index in [-0.39, 0.29) is 18.0 Å². The molecule has 0 aromatic rings. The zero-order valence-corrected chi connectivity index (χ0v) is 17.9. The number of rotatable bonds is 5. The average Bonchev–Trinajstić information content (AvgIpc) is 3.15. The number of allylic oxidation sites excluding steroid dienone is 5. The van der Waals surface area contributed by atoms with E-state index in [1.54, 1.807) is 5.57 Å². The molecule has 4 heteroatoms. The lowest BCUT2D eigenvalue weighted by atomic mass is 9.62. The van der Waals surface area contributed by atoms with Crippen molar-refractivity contribution in [2.75, 3.05) is 7.11 Å². The maximum absolute atomic E-state index is 11.5. The van der Waals surface area contributed by atoms with Gasteiger partial charge < -0.3 is 9.47 Å². The van der Waals surface area contributed by atoms with Crippen LogP contribution in [0.5, 0.6) is 0 Å². The molecule has 7 atom stereocenters. The van der Waals surface area contributed by atoms with Gasteiger partial charge in [0, 0.05) is 19.3 Å². The third-order valence-corrected chi connectivity index (χ3v) is 7.85. The highest BCUT2D eigenvalue weighted by molar-refractivity contribution is 5.69. The number of hydrogen-bond acceptors (Lipinski definition) is 4. The minimum absolute atomic E-state index is 0.0412. The van der Waals surface area contributed by atoms with E-state index in [0.29, 0.717) is 41.9 Å². The molecule has 1 fully saturated rings. The molecule has 0 bridgehead atoms. The molecular weight excluding hydrogens is 364 g/mol. The summed E-state index contributed by atoms with van der Waals surface area (Å²) in [6.07, 6.45) is 16.7. The Morgan fingerprint density at radius 1 is 1.14 bits per heavy atom. The average molecular weight is 399 g/mol. The van der Waals surface area contributed by atoms with Crippen molar-refractivity contribution in [2.24, 2.45) is 35.5 Å². The predicted molar refractivity (Wildman–Crippen MR) is 112 cm³/mol. The van der Waals surface area contributed by atoms with Gasteiger partial charge in [0.2, 0.25) is 0 Å². The van der Waals surface area contributed by atoms with Crippen molar-refractivity contribution in [2.45, 2.75) is 64.9 Å². The van der Waals surface area contributed by atoms with Crippen molar-refractivity contribution in [3.05, 3.63) is 35.5 Å². The lowest BCUT2D eigenvalue weighted by Crippen LogP contribution is -2.34. The van der Waals surface area contributed by atoms with Crippen LogP contribution in [0.3, 0.4) is 0 Å². The summed E-state index contributed by atoms with van der Waals surface area (Å²) in [6.45, 7) is 3.80. The number of carbonyl (C=O) groups excluding carboxylic acids is 2. The summed E-state index contributed by atoms with van der Waals surface area (Å²) in [5, 5.41) is 0. The first-order chi connectivity index (χ1) is 14.0. The third-order valence-electron chi connectivity index (χ3n) is 7.85. The molecule has 7 unspecified atom stereocenters. The minimum Gasteiger partial charge on any atom is -0.469 e. The number of hydrogen-bond donors (Lipinski definition) is 0. The number of methoxy groups -OCH3 is 1. The quantitative estimate of drug-likeness (QED) is 0.483. The van der Waals surface area contributed by atoms with Gasteiger partial charge in [-0.25, -0.2) is 0 Å². The van der Waals surface area contributed by atoms with Crippen molar-refractivity contribution in [1.82, 2.24) is 0 Å². The number of esters is 2. The van der Waals surface area contributed by atoms with E-state index >= 15 is 0 Å². The Balaban J connectivity index is 1.46. The molecular formula is C25H34O4. The van der Waals surface area contributed by atoms with Crippen LogP contribution in [0, 0.1) is 35.5 Å². The van der Waals surface area contributed by atoms with Crippen LogP contribution in [-0.4, -0.2) is 25.2 Å². The number of fused-ring (bicyclic) bond motifs is 5. The zero-order valence-electron chi connectivity index (χ0n) is 17.9. The van der Waals surface area contributed by atoms with E-state index < -0.39 is 0 Å². The van der Waals surface area contributed by atoms with Gasteiger partial charge in [-0.3, -0.25) is 9.59 Å². The maximum atomic E-state index is 11.5. The van der Waals surface area contributed by atoms with Gasteiger partial charge in [-0.05, 0) is 74.2 Å². The summed E-state index contributed by atoms with van der Waals surface area (Å²) in [4.78, 5) is 22.9. The summed E-state index contributed by atoms with van der Waals surface area (Å²) in [5.74, 6) is 3.33. The topological polar surface area (TPSA) is 52.6 Å². The second kappa shape index (κ2) is 8.49. The predicted octanol–water partition coefficient (Wildman–Crippen LogP) is 5.00. The highest BCUT2D eigenvalue weighted by Crippen LogP contribution is 2.55. The molecule has 4 rings (SSSR count). The van der Waals surface area contributed by atoms with Gasteiger partial charge in [0.1, 0.15) is 6.10 Å². The molecule has 0 aromatic heterocycles. The molecule has 0 N–H and O–H groups in total. The minimum atomic E-state index is -0.184. The lowest BCUT2D eigenvalue weighted by molar-refractivity contribution is -0.145. The Morgan fingerprint density at radius 2 is 1.93 bits per heavy atom. The van der Waals surface area contributed by atoms with Crippen LogP contribution >= 0.6 is 0 Å². The number of carbonyl (C=O) groups is 2. The first-order valence-electron chi connectivity index (χ1n) is 11.3. The molecule has 0 aromatic carbocycles. The fraction of sp³-hybridized carbons (Fsp3) is 0.680. The van der Waals surface area contributed by atoms with Gasteiger partial charge in [-0.1, -0.05) is 36.3 Å². The smallest absolute Gasteiger partial charge is 0.305 e. The lowest BCUT2D eigenvalue weighted by Gasteiger charge is -2.43. The second-order valence-electron chi connectivity index (χ2n) is 9.41. The molecule has 4 aliphatic carbocycles. The Hall–Kier alpha value is -1.84. The summed E-state index contributed by atoms with van der Waals surface area (Å²) in [7, 11) is 1.47. The number of ether oxygens (including phenoxy) is 2. The molecule has 0 amide bonds. The van der Waals surface area contributed by atoms with Crippen molar-refractivity contribution in [3.8, 4) is 0 Å². The van der Waals surface area contributed by atoms with Crippen LogP contribution in [0.25, 0.3) is 0 Å². The van der Waals surface area contributed by atoms with Gasteiger partial charge >= 0.3 is 11.9 Å². The fourth-order valence-corrected chi connectivity index (χ4v) is 6.45. The Kier molecular flexibility index (Phi) is 5.98. The molecule has 1 saturated carbocycles. The van der Waals surface area contributed by atoms with Crippen LogP contribution in [0.1, 0.15) is 58.8 Å². The van der Waals surface area contributed by atoms with E-state index in [1.165, 1.54) is 32.4 Å². The van der Waals surface area contributed by atoms with Gasteiger partial charge in [0.25, 0.3) is 0 Å². The molecule has 0 saturated heterocycles. The van der Waals surface area contributed by atoms with Crippen LogP contribution in [0.2, 0.25) is 0 Å². The standard InChI is InChI=1S/C25H34O4/c1-15(4-13-25(27)28-3)19-9-10-24-21(19)11-12-22-20-8-6-18(29-16(2)26)14-17(20)5-7-23(22)24/h7,11-12,14-15,18-22,24H,4-6,8-10,13H2,1-3H3. The van der Waals surface area contributed by atoms with Gasteiger partial charge in [0.15, 0.2) is 0 Å². The molecule has 4 nitrogen and oxygen atoms in total. The second-order valence-corrected chi connectivity index (χ2v) is 9.41. The first kappa shape index (κ1) is 20.4. The van der Waals surface area contributed by atoms with Crippen LogP contribution in [0.15, 0.2) is 35.5 Å². The SMILES string of the molecule is COC(=O)CCC(C)C1CCC2C3=CCC4=CC(OC(C)=O)CCC4C3C=CC21. The van der Waals surface area contributed by atoms with Crippen LogP contribution < -0.4 is 0 Å². The largest absolute Gasteiger partial charge is 0.469 e. The maximum Gasteiger partial charge on any atom is 0.305 e. The van der Waals surface area contributed by atoms with E-state index in [0.717, 1.165) is 25.7 Å². The zero-order chi connectivity index (χ0) is 20.5. The summed E-state index contributed by atoms with van der Waals surface area (Å²) >= 11 is 0. The summed E-state index contributed by atoms with van der Waals surface area (Å²) in [6, 6.07) is 0. The highest BCUT2D eigenvalue weighted by atomic mass is 16.5. The first-order valence-corrected chi connectivity index (χ1v) is 11.3. The van der Waals surface area contributed by atoms with E-state index in [1.807, 2.05) is 0 Å². The summed E-state index contributed by atoms with van der Waals surface area (Å²) < 4.78 is 10.3. The van der Waals surface area contributed by atoms with Crippen molar-refractivity contribution in [1.29, 1.82) is 0 Å². The van der Waals surface area contributed by atoms with E-state index in [4.69, 9.17) is 9.47 Å². The molecule has 0 radical (unpaired) electrons. The van der Waals surface area contributed by atoms with E-state index in [9.17, 15) is 9.59 Å². The monoisotopic (exact) mass is 398 g/mol. The Bertz CT molecular complexity index is 746. The van der Waals surface area contributed by atoms with E-state index in [2.05, 4.69) is 31.2 Å².